The van der Waals surface area contributed by atoms with Crippen LogP contribution in [-0.4, -0.2) is 28.9 Å². The maximum Gasteiger partial charge on any atom is 0.258 e. The number of aromatic nitrogens is 3. The normalized spacial score (nSPS) is 11.8. The molecule has 2 aromatic heterocycles. The van der Waals surface area contributed by atoms with Gasteiger partial charge in [0.25, 0.3) is 10.0 Å². The maximum absolute atomic E-state index is 11.8. The molecule has 2 heterocycles. The molecule has 0 radical (unpaired) electrons. The average Bonchev–Trinajstić information content (AvgIpc) is 2.97. The lowest BCUT2D eigenvalue weighted by Crippen LogP contribution is -2.24. The van der Waals surface area contributed by atoms with Gasteiger partial charge in [-0.2, -0.15) is 5.10 Å². The number of aliphatic hydroxyl groups excluding tert-OH is 1. The highest BCUT2D eigenvalue weighted by Gasteiger charge is 2.20. The van der Waals surface area contributed by atoms with Crippen molar-refractivity contribution in [2.75, 3.05) is 0 Å². The number of hydrogen-bond acceptors (Lipinski definition) is 6. The lowest BCUT2D eigenvalue weighted by Gasteiger charge is -2.03. The van der Waals surface area contributed by atoms with Gasteiger partial charge < -0.3 is 9.63 Å². The maximum atomic E-state index is 11.8. The van der Waals surface area contributed by atoms with Crippen molar-refractivity contribution >= 4 is 10.0 Å². The molecule has 0 bridgehead atoms. The molecule has 0 aromatic carbocycles. The third kappa shape index (κ3) is 2.52. The van der Waals surface area contributed by atoms with Gasteiger partial charge in [-0.25, -0.2) is 13.1 Å². The van der Waals surface area contributed by atoms with Gasteiger partial charge in [0.15, 0.2) is 10.8 Å². The summed E-state index contributed by atoms with van der Waals surface area (Å²) in [5.74, 6) is 0.388. The number of aromatic amines is 1. The van der Waals surface area contributed by atoms with E-state index in [1.165, 1.54) is 12.4 Å². The van der Waals surface area contributed by atoms with Crippen molar-refractivity contribution in [2.45, 2.75) is 18.2 Å². The van der Waals surface area contributed by atoms with Gasteiger partial charge in [0.05, 0.1) is 25.5 Å². The molecule has 0 saturated carbocycles. The lowest BCUT2D eigenvalue weighted by molar-refractivity contribution is 0.278. The van der Waals surface area contributed by atoms with E-state index in [1.807, 2.05) is 0 Å². The van der Waals surface area contributed by atoms with E-state index in [0.29, 0.717) is 5.76 Å². The Morgan fingerprint density at radius 2 is 2.35 bits per heavy atom. The zero-order valence-electron chi connectivity index (χ0n) is 8.62. The van der Waals surface area contributed by atoms with Crippen molar-refractivity contribution in [3.8, 4) is 0 Å². The van der Waals surface area contributed by atoms with E-state index in [2.05, 4.69) is 20.1 Å². The molecule has 0 aliphatic rings. The highest BCUT2D eigenvalue weighted by molar-refractivity contribution is 7.89. The first-order chi connectivity index (χ1) is 8.13. The fraction of sp³-hybridized carbons (Fsp3) is 0.250. The van der Waals surface area contributed by atoms with E-state index in [1.54, 1.807) is 6.07 Å². The summed E-state index contributed by atoms with van der Waals surface area (Å²) in [7, 11) is -3.75. The van der Waals surface area contributed by atoms with Crippen LogP contribution in [0, 0.1) is 0 Å². The van der Waals surface area contributed by atoms with Crippen LogP contribution in [0.3, 0.4) is 0 Å². The predicted molar refractivity (Wildman–Crippen MR) is 55.0 cm³/mol. The number of H-pyrrole nitrogens is 1. The van der Waals surface area contributed by atoms with E-state index < -0.39 is 16.6 Å². The van der Waals surface area contributed by atoms with Crippen molar-refractivity contribution < 1.29 is 18.0 Å². The minimum Gasteiger partial charge on any atom is -0.392 e. The van der Waals surface area contributed by atoms with Crippen LogP contribution in [-0.2, 0) is 23.2 Å². The Labute approximate surface area is 96.7 Å². The number of hydrogen-bond donors (Lipinski definition) is 3. The fourth-order valence-electron chi connectivity index (χ4n) is 1.22. The summed E-state index contributed by atoms with van der Waals surface area (Å²) < 4.78 is 30.7. The molecule has 9 heteroatoms. The van der Waals surface area contributed by atoms with Crippen LogP contribution in [0.25, 0.3) is 0 Å². The summed E-state index contributed by atoms with van der Waals surface area (Å²) in [4.78, 5) is 0. The number of nitrogens with one attached hydrogen (secondary N) is 2. The third-order valence-corrected chi connectivity index (χ3v) is 3.46. The largest absolute Gasteiger partial charge is 0.392 e. The van der Waals surface area contributed by atoms with Crippen molar-refractivity contribution in [3.05, 3.63) is 29.8 Å². The SMILES string of the molecule is O=S(=O)(NCc1ccno1)c1[nH]ncc1CO. The van der Waals surface area contributed by atoms with Crippen LogP contribution >= 0.6 is 0 Å². The average molecular weight is 258 g/mol. The van der Waals surface area contributed by atoms with Crippen LogP contribution in [0.5, 0.6) is 0 Å². The number of rotatable bonds is 5. The minimum absolute atomic E-state index is 0.0216. The van der Waals surface area contributed by atoms with E-state index >= 15 is 0 Å². The quantitative estimate of drug-likeness (QED) is 0.656. The second-order valence-corrected chi connectivity index (χ2v) is 4.89. The van der Waals surface area contributed by atoms with Gasteiger partial charge in [0, 0.05) is 11.6 Å². The van der Waals surface area contributed by atoms with Crippen LogP contribution < -0.4 is 4.72 Å². The molecule has 92 valence electrons. The molecule has 17 heavy (non-hydrogen) atoms. The second kappa shape index (κ2) is 4.65. The smallest absolute Gasteiger partial charge is 0.258 e. The molecular weight excluding hydrogens is 248 g/mol. The molecule has 0 atom stereocenters. The standard InChI is InChI=1S/C8H10N4O4S/c13-5-6-3-9-12-8(6)17(14,15)11-4-7-1-2-10-16-7/h1-3,11,13H,4-5H2,(H,9,12). The van der Waals surface area contributed by atoms with Gasteiger partial charge in [-0.1, -0.05) is 5.16 Å². The Hall–Kier alpha value is -1.71. The summed E-state index contributed by atoms with van der Waals surface area (Å²) >= 11 is 0. The Bertz CT molecular complexity index is 574. The lowest BCUT2D eigenvalue weighted by atomic mass is 10.4. The third-order valence-electron chi connectivity index (χ3n) is 2.04. The fourth-order valence-corrected chi connectivity index (χ4v) is 2.33. The minimum atomic E-state index is -3.75. The topological polar surface area (TPSA) is 121 Å². The van der Waals surface area contributed by atoms with Crippen molar-refractivity contribution in [1.29, 1.82) is 0 Å². The molecule has 3 N–H and O–H groups in total. The first-order valence-corrected chi connectivity index (χ1v) is 6.14. The van der Waals surface area contributed by atoms with Crippen LogP contribution in [0.1, 0.15) is 11.3 Å². The summed E-state index contributed by atoms with van der Waals surface area (Å²) in [6, 6.07) is 1.54. The molecule has 0 aliphatic carbocycles. The van der Waals surface area contributed by atoms with E-state index in [0.717, 1.165) is 0 Å². The molecule has 8 nitrogen and oxygen atoms in total. The van der Waals surface area contributed by atoms with Crippen LogP contribution in [0.4, 0.5) is 0 Å². The van der Waals surface area contributed by atoms with Gasteiger partial charge >= 0.3 is 0 Å². The molecular formula is C8H10N4O4S. The monoisotopic (exact) mass is 258 g/mol. The van der Waals surface area contributed by atoms with Gasteiger partial charge in [0.2, 0.25) is 0 Å². The first kappa shape index (κ1) is 11.8. The number of sulfonamides is 1. The molecule has 2 aromatic rings. The Balaban J connectivity index is 2.14. The van der Waals surface area contributed by atoms with Gasteiger partial charge in [-0.15, -0.1) is 0 Å². The Morgan fingerprint density at radius 3 is 3.00 bits per heavy atom. The van der Waals surface area contributed by atoms with Gasteiger partial charge in [0.1, 0.15) is 0 Å². The number of aliphatic hydroxyl groups is 1. The Morgan fingerprint density at radius 1 is 1.53 bits per heavy atom. The Kier molecular flexibility index (Phi) is 3.22. The second-order valence-electron chi connectivity index (χ2n) is 3.19. The summed E-state index contributed by atoms with van der Waals surface area (Å²) in [6.45, 7) is -0.429. The van der Waals surface area contributed by atoms with Crippen LogP contribution in [0.15, 0.2) is 28.0 Å². The van der Waals surface area contributed by atoms with Crippen molar-refractivity contribution in [2.24, 2.45) is 0 Å². The molecule has 0 fully saturated rings. The highest BCUT2D eigenvalue weighted by Crippen LogP contribution is 2.11. The van der Waals surface area contributed by atoms with E-state index in [9.17, 15) is 8.42 Å². The molecule has 0 spiro atoms. The number of nitrogens with zero attached hydrogens (tertiary/aromatic N) is 2. The summed E-state index contributed by atoms with van der Waals surface area (Å²) in [5, 5.41) is 18.1. The van der Waals surface area contributed by atoms with Crippen molar-refractivity contribution in [1.82, 2.24) is 20.1 Å². The van der Waals surface area contributed by atoms with E-state index in [4.69, 9.17) is 9.63 Å². The zero-order chi connectivity index (χ0) is 12.3. The zero-order valence-corrected chi connectivity index (χ0v) is 9.44. The molecule has 2 rings (SSSR count). The summed E-state index contributed by atoms with van der Waals surface area (Å²) in [6.07, 6.45) is 2.67. The van der Waals surface area contributed by atoms with Crippen molar-refractivity contribution in [3.63, 3.8) is 0 Å². The first-order valence-electron chi connectivity index (χ1n) is 4.66. The molecule has 0 unspecified atom stereocenters. The molecule has 0 saturated heterocycles. The predicted octanol–water partition coefficient (Wildman–Crippen LogP) is -0.632. The van der Waals surface area contributed by atoms with Gasteiger partial charge in [-0.3, -0.25) is 5.10 Å². The molecule has 0 aliphatic heterocycles. The summed E-state index contributed by atoms with van der Waals surface area (Å²) in [5.41, 5.74) is 0.204. The highest BCUT2D eigenvalue weighted by atomic mass is 32.2. The van der Waals surface area contributed by atoms with E-state index in [-0.39, 0.29) is 17.1 Å². The molecule has 0 amide bonds. The van der Waals surface area contributed by atoms with Gasteiger partial charge in [-0.05, 0) is 0 Å². The van der Waals surface area contributed by atoms with Crippen LogP contribution in [0.2, 0.25) is 0 Å².